The molecule has 2 heterocycles. The predicted molar refractivity (Wildman–Crippen MR) is 97.5 cm³/mol. The zero-order valence-corrected chi connectivity index (χ0v) is 13.7. The van der Waals surface area contributed by atoms with Gasteiger partial charge in [0.2, 0.25) is 0 Å². The van der Waals surface area contributed by atoms with Crippen LogP contribution in [0.25, 0.3) is 0 Å². The van der Waals surface area contributed by atoms with Crippen molar-refractivity contribution in [3.05, 3.63) is 78.1 Å². The Labute approximate surface area is 146 Å². The van der Waals surface area contributed by atoms with Gasteiger partial charge in [-0.15, -0.1) is 10.2 Å². The highest BCUT2D eigenvalue weighted by Gasteiger charge is 2.06. The van der Waals surface area contributed by atoms with Crippen molar-refractivity contribution in [1.29, 1.82) is 0 Å². The number of pyridine rings is 1. The molecule has 2 N–H and O–H groups in total. The van der Waals surface area contributed by atoms with E-state index in [0.29, 0.717) is 17.2 Å². The number of rotatable bonds is 7. The quantitative estimate of drug-likeness (QED) is 0.649. The topological polar surface area (TPSA) is 79.8 Å². The minimum atomic E-state index is -0.258. The molecule has 1 aromatic carbocycles. The first kappa shape index (κ1) is 16.6. The molecule has 0 saturated heterocycles. The van der Waals surface area contributed by atoms with E-state index in [2.05, 4.69) is 37.9 Å². The molecular weight excluding hydrogens is 314 g/mol. The average molecular weight is 333 g/mol. The molecule has 0 unspecified atom stereocenters. The maximum Gasteiger partial charge on any atom is 0.258 e. The number of anilines is 2. The summed E-state index contributed by atoms with van der Waals surface area (Å²) in [6, 6.07) is 17.3. The lowest BCUT2D eigenvalue weighted by molar-refractivity contribution is 0.102. The zero-order valence-electron chi connectivity index (χ0n) is 13.7. The van der Waals surface area contributed by atoms with E-state index in [0.717, 1.165) is 19.4 Å². The van der Waals surface area contributed by atoms with Gasteiger partial charge in [-0.1, -0.05) is 30.3 Å². The first-order valence-electron chi connectivity index (χ1n) is 8.14. The number of hydrogen-bond acceptors (Lipinski definition) is 5. The van der Waals surface area contributed by atoms with E-state index in [1.165, 1.54) is 11.8 Å². The molecule has 0 aliphatic carbocycles. The Balaban J connectivity index is 1.45. The first-order valence-corrected chi connectivity index (χ1v) is 8.14. The number of carbonyl (C=O) groups excluding carboxylic acids is 1. The number of nitrogens with zero attached hydrogens (tertiary/aromatic N) is 3. The van der Waals surface area contributed by atoms with Crippen molar-refractivity contribution in [2.45, 2.75) is 12.8 Å². The van der Waals surface area contributed by atoms with Gasteiger partial charge in [-0.05, 0) is 42.7 Å². The monoisotopic (exact) mass is 333 g/mol. The highest BCUT2D eigenvalue weighted by Crippen LogP contribution is 2.09. The Morgan fingerprint density at radius 2 is 1.72 bits per heavy atom. The molecule has 0 saturated carbocycles. The number of carbonyl (C=O) groups is 1. The molecule has 2 aromatic heterocycles. The van der Waals surface area contributed by atoms with Gasteiger partial charge in [0, 0.05) is 18.9 Å². The summed E-state index contributed by atoms with van der Waals surface area (Å²) >= 11 is 0. The molecule has 0 spiro atoms. The van der Waals surface area contributed by atoms with Gasteiger partial charge >= 0.3 is 0 Å². The van der Waals surface area contributed by atoms with Crippen molar-refractivity contribution in [1.82, 2.24) is 15.2 Å². The van der Waals surface area contributed by atoms with Crippen LogP contribution in [0.5, 0.6) is 0 Å². The highest BCUT2D eigenvalue weighted by molar-refractivity contribution is 6.03. The SMILES string of the molecule is O=C(Nc1ccc(NCCCc2ccccc2)nn1)c1cccnc1. The number of nitrogens with one attached hydrogen (secondary N) is 2. The van der Waals surface area contributed by atoms with E-state index in [1.807, 2.05) is 18.2 Å². The van der Waals surface area contributed by atoms with Crippen molar-refractivity contribution in [3.63, 3.8) is 0 Å². The van der Waals surface area contributed by atoms with Crippen LogP contribution in [0.1, 0.15) is 22.3 Å². The molecule has 1 amide bonds. The second-order valence-corrected chi connectivity index (χ2v) is 5.52. The molecule has 0 aliphatic rings. The number of aryl methyl sites for hydroxylation is 1. The van der Waals surface area contributed by atoms with Crippen LogP contribution in [-0.2, 0) is 6.42 Å². The van der Waals surface area contributed by atoms with E-state index in [1.54, 1.807) is 30.5 Å². The van der Waals surface area contributed by atoms with Crippen LogP contribution in [0.2, 0.25) is 0 Å². The molecule has 3 aromatic rings. The van der Waals surface area contributed by atoms with Crippen molar-refractivity contribution < 1.29 is 4.79 Å². The van der Waals surface area contributed by atoms with Crippen LogP contribution < -0.4 is 10.6 Å². The summed E-state index contributed by atoms with van der Waals surface area (Å²) < 4.78 is 0. The molecule has 3 rings (SSSR count). The van der Waals surface area contributed by atoms with Crippen molar-refractivity contribution in [3.8, 4) is 0 Å². The lowest BCUT2D eigenvalue weighted by Crippen LogP contribution is -2.14. The van der Waals surface area contributed by atoms with Crippen molar-refractivity contribution in [2.24, 2.45) is 0 Å². The summed E-state index contributed by atoms with van der Waals surface area (Å²) in [5.74, 6) is 0.835. The van der Waals surface area contributed by atoms with Gasteiger partial charge in [-0.3, -0.25) is 9.78 Å². The van der Waals surface area contributed by atoms with Crippen molar-refractivity contribution >= 4 is 17.5 Å². The van der Waals surface area contributed by atoms with Gasteiger partial charge in [0.05, 0.1) is 5.56 Å². The lowest BCUT2D eigenvalue weighted by Gasteiger charge is -2.07. The van der Waals surface area contributed by atoms with E-state index in [-0.39, 0.29) is 5.91 Å². The van der Waals surface area contributed by atoms with Gasteiger partial charge < -0.3 is 10.6 Å². The summed E-state index contributed by atoms with van der Waals surface area (Å²) in [5.41, 5.74) is 1.80. The fourth-order valence-corrected chi connectivity index (χ4v) is 2.33. The van der Waals surface area contributed by atoms with E-state index >= 15 is 0 Å². The molecule has 6 nitrogen and oxygen atoms in total. The Morgan fingerprint density at radius 1 is 0.920 bits per heavy atom. The van der Waals surface area contributed by atoms with Gasteiger partial charge in [-0.2, -0.15) is 0 Å². The Morgan fingerprint density at radius 3 is 2.44 bits per heavy atom. The van der Waals surface area contributed by atoms with Crippen LogP contribution in [0.15, 0.2) is 67.0 Å². The van der Waals surface area contributed by atoms with Crippen LogP contribution in [0.3, 0.4) is 0 Å². The van der Waals surface area contributed by atoms with Crippen molar-refractivity contribution in [2.75, 3.05) is 17.2 Å². The third kappa shape index (κ3) is 5.10. The minimum absolute atomic E-state index is 0.258. The molecule has 0 bridgehead atoms. The molecule has 0 atom stereocenters. The van der Waals surface area contributed by atoms with Crippen LogP contribution in [0.4, 0.5) is 11.6 Å². The molecule has 6 heteroatoms. The Kier molecular flexibility index (Phi) is 5.66. The van der Waals surface area contributed by atoms with E-state index < -0.39 is 0 Å². The second-order valence-electron chi connectivity index (χ2n) is 5.52. The van der Waals surface area contributed by atoms with E-state index in [4.69, 9.17) is 0 Å². The largest absolute Gasteiger partial charge is 0.369 e. The second kappa shape index (κ2) is 8.54. The van der Waals surface area contributed by atoms with E-state index in [9.17, 15) is 4.79 Å². The molecule has 0 aliphatic heterocycles. The van der Waals surface area contributed by atoms with Gasteiger partial charge in [-0.25, -0.2) is 0 Å². The fourth-order valence-electron chi connectivity index (χ4n) is 2.33. The summed E-state index contributed by atoms with van der Waals surface area (Å²) in [6.07, 6.45) is 5.14. The minimum Gasteiger partial charge on any atom is -0.369 e. The zero-order chi connectivity index (χ0) is 17.3. The standard InChI is InChI=1S/C19H19N5O/c25-19(16-9-5-12-20-14-16)22-18-11-10-17(23-24-18)21-13-4-8-15-6-2-1-3-7-15/h1-3,5-7,9-12,14H,4,8,13H2,(H,21,23)(H,22,24,25). The smallest absolute Gasteiger partial charge is 0.258 e. The Bertz CT molecular complexity index is 791. The van der Waals surface area contributed by atoms with Crippen LogP contribution >= 0.6 is 0 Å². The van der Waals surface area contributed by atoms with Gasteiger partial charge in [0.1, 0.15) is 5.82 Å². The number of hydrogen-bond donors (Lipinski definition) is 2. The molecular formula is C19H19N5O. The normalized spacial score (nSPS) is 10.2. The number of amides is 1. The summed E-state index contributed by atoms with van der Waals surface area (Å²) in [4.78, 5) is 15.9. The summed E-state index contributed by atoms with van der Waals surface area (Å²) in [6.45, 7) is 0.810. The molecule has 0 fully saturated rings. The number of benzene rings is 1. The van der Waals surface area contributed by atoms with Crippen LogP contribution in [-0.4, -0.2) is 27.6 Å². The highest BCUT2D eigenvalue weighted by atomic mass is 16.1. The maximum absolute atomic E-state index is 12.0. The molecule has 0 radical (unpaired) electrons. The third-order valence-corrected chi connectivity index (χ3v) is 3.62. The van der Waals surface area contributed by atoms with Gasteiger partial charge in [0.15, 0.2) is 5.82 Å². The summed E-state index contributed by atoms with van der Waals surface area (Å²) in [5, 5.41) is 14.0. The summed E-state index contributed by atoms with van der Waals surface area (Å²) in [7, 11) is 0. The fraction of sp³-hybridized carbons (Fsp3) is 0.158. The third-order valence-electron chi connectivity index (χ3n) is 3.62. The predicted octanol–water partition coefficient (Wildman–Crippen LogP) is 3.17. The Hall–Kier alpha value is -3.28. The molecule has 25 heavy (non-hydrogen) atoms. The maximum atomic E-state index is 12.0. The first-order chi connectivity index (χ1) is 12.3. The van der Waals surface area contributed by atoms with Crippen LogP contribution in [0, 0.1) is 0 Å². The lowest BCUT2D eigenvalue weighted by atomic mass is 10.1. The molecule has 126 valence electrons. The average Bonchev–Trinajstić information content (AvgIpc) is 2.68. The number of aromatic nitrogens is 3. The van der Waals surface area contributed by atoms with Gasteiger partial charge in [0.25, 0.3) is 5.91 Å².